The zero-order valence-electron chi connectivity index (χ0n) is 12.4. The number of nitro benzene ring substituents is 1. The molecule has 0 bridgehead atoms. The number of non-ortho nitro benzene ring substituents is 1. The Morgan fingerprint density at radius 1 is 1.30 bits per heavy atom. The monoisotopic (exact) mass is 319 g/mol. The Balaban J connectivity index is 2.78. The standard InChI is InChI=1S/C15H17N3O5/c1-3-7-17(8-4-2)14(19)10-23-15(20)12-9-11(18(21)22)5-6-13(12)16/h3-6,9H,1-2,7-8,10,16H2. The number of hydrogen-bond acceptors (Lipinski definition) is 6. The fraction of sp³-hybridized carbons (Fsp3) is 0.200. The number of hydrogen-bond donors (Lipinski definition) is 1. The van der Waals surface area contributed by atoms with Crippen molar-refractivity contribution in [1.82, 2.24) is 4.90 Å². The van der Waals surface area contributed by atoms with E-state index in [1.165, 1.54) is 29.2 Å². The minimum atomic E-state index is -0.906. The van der Waals surface area contributed by atoms with Gasteiger partial charge in [0.1, 0.15) is 0 Å². The summed E-state index contributed by atoms with van der Waals surface area (Å²) < 4.78 is 4.88. The second-order valence-corrected chi connectivity index (χ2v) is 4.48. The van der Waals surface area contributed by atoms with Crippen molar-refractivity contribution in [3.05, 3.63) is 59.2 Å². The maximum absolute atomic E-state index is 11.9. The summed E-state index contributed by atoms with van der Waals surface area (Å²) in [5, 5.41) is 10.7. The van der Waals surface area contributed by atoms with E-state index in [0.717, 1.165) is 6.07 Å². The highest BCUT2D eigenvalue weighted by Crippen LogP contribution is 2.20. The minimum Gasteiger partial charge on any atom is -0.452 e. The highest BCUT2D eigenvalue weighted by molar-refractivity contribution is 5.97. The van der Waals surface area contributed by atoms with E-state index in [-0.39, 0.29) is 30.0 Å². The van der Waals surface area contributed by atoms with Crippen molar-refractivity contribution in [2.24, 2.45) is 0 Å². The molecular weight excluding hydrogens is 302 g/mol. The first kappa shape index (κ1) is 17.9. The third kappa shape index (κ3) is 4.95. The van der Waals surface area contributed by atoms with Crippen LogP contribution >= 0.6 is 0 Å². The number of ether oxygens (including phenoxy) is 1. The Morgan fingerprint density at radius 2 is 1.91 bits per heavy atom. The van der Waals surface area contributed by atoms with Crippen molar-refractivity contribution in [2.75, 3.05) is 25.4 Å². The van der Waals surface area contributed by atoms with Crippen LogP contribution in [0.2, 0.25) is 0 Å². The number of amides is 1. The fourth-order valence-electron chi connectivity index (χ4n) is 1.72. The van der Waals surface area contributed by atoms with Crippen LogP contribution in [-0.2, 0) is 9.53 Å². The third-order valence-corrected chi connectivity index (χ3v) is 2.85. The molecule has 0 atom stereocenters. The molecule has 0 saturated heterocycles. The number of anilines is 1. The molecule has 23 heavy (non-hydrogen) atoms. The van der Waals surface area contributed by atoms with E-state index in [0.29, 0.717) is 0 Å². The topological polar surface area (TPSA) is 116 Å². The molecule has 1 aromatic carbocycles. The molecule has 0 fully saturated rings. The van der Waals surface area contributed by atoms with Crippen LogP contribution in [0, 0.1) is 10.1 Å². The van der Waals surface area contributed by atoms with Crippen LogP contribution in [0.4, 0.5) is 11.4 Å². The van der Waals surface area contributed by atoms with Gasteiger partial charge in [0, 0.05) is 30.9 Å². The van der Waals surface area contributed by atoms with Gasteiger partial charge in [0.2, 0.25) is 0 Å². The highest BCUT2D eigenvalue weighted by atomic mass is 16.6. The molecule has 1 amide bonds. The molecular formula is C15H17N3O5. The lowest BCUT2D eigenvalue weighted by Crippen LogP contribution is -2.35. The van der Waals surface area contributed by atoms with Crippen LogP contribution < -0.4 is 5.73 Å². The third-order valence-electron chi connectivity index (χ3n) is 2.85. The normalized spacial score (nSPS) is 9.74. The highest BCUT2D eigenvalue weighted by Gasteiger charge is 2.19. The first-order chi connectivity index (χ1) is 10.9. The molecule has 0 heterocycles. The second-order valence-electron chi connectivity index (χ2n) is 4.48. The molecule has 0 aliphatic rings. The lowest BCUT2D eigenvalue weighted by Gasteiger charge is -2.19. The molecule has 0 saturated carbocycles. The lowest BCUT2D eigenvalue weighted by molar-refractivity contribution is -0.384. The van der Waals surface area contributed by atoms with Gasteiger partial charge in [-0.05, 0) is 6.07 Å². The zero-order valence-corrected chi connectivity index (χ0v) is 12.4. The summed E-state index contributed by atoms with van der Waals surface area (Å²) in [5.74, 6) is -1.35. The maximum atomic E-state index is 11.9. The van der Waals surface area contributed by atoms with E-state index in [1.54, 1.807) is 0 Å². The number of benzene rings is 1. The number of nitrogens with two attached hydrogens (primary N) is 1. The summed E-state index contributed by atoms with van der Waals surface area (Å²) in [6.45, 7) is 7.11. The average Bonchev–Trinajstić information content (AvgIpc) is 2.52. The van der Waals surface area contributed by atoms with Gasteiger partial charge in [0.25, 0.3) is 11.6 Å². The molecule has 0 aliphatic heterocycles. The van der Waals surface area contributed by atoms with Gasteiger partial charge in [-0.2, -0.15) is 0 Å². The van der Waals surface area contributed by atoms with Crippen molar-refractivity contribution >= 4 is 23.3 Å². The van der Waals surface area contributed by atoms with Crippen molar-refractivity contribution in [1.29, 1.82) is 0 Å². The van der Waals surface area contributed by atoms with E-state index in [9.17, 15) is 19.7 Å². The maximum Gasteiger partial charge on any atom is 0.341 e. The molecule has 8 nitrogen and oxygen atoms in total. The number of carbonyl (C=O) groups is 2. The van der Waals surface area contributed by atoms with Crippen LogP contribution in [0.1, 0.15) is 10.4 Å². The van der Waals surface area contributed by atoms with E-state index in [4.69, 9.17) is 10.5 Å². The number of carbonyl (C=O) groups excluding carboxylic acids is 2. The first-order valence-electron chi connectivity index (χ1n) is 6.61. The summed E-state index contributed by atoms with van der Waals surface area (Å²) in [7, 11) is 0. The summed E-state index contributed by atoms with van der Waals surface area (Å²) in [5.41, 5.74) is 5.18. The number of nitrogens with zero attached hydrogens (tertiary/aromatic N) is 2. The Kier molecular flexibility index (Phi) is 6.47. The Morgan fingerprint density at radius 3 is 2.43 bits per heavy atom. The predicted octanol–water partition coefficient (Wildman–Crippen LogP) is 1.53. The Hall–Kier alpha value is -3.16. The van der Waals surface area contributed by atoms with E-state index in [2.05, 4.69) is 13.2 Å². The lowest BCUT2D eigenvalue weighted by atomic mass is 10.1. The molecule has 122 valence electrons. The Labute approximate surface area is 133 Å². The minimum absolute atomic E-state index is 0.0297. The average molecular weight is 319 g/mol. The smallest absolute Gasteiger partial charge is 0.341 e. The van der Waals surface area contributed by atoms with Gasteiger partial charge in [-0.15, -0.1) is 13.2 Å². The molecule has 0 aliphatic carbocycles. The van der Waals surface area contributed by atoms with Crippen LogP contribution in [0.3, 0.4) is 0 Å². The van der Waals surface area contributed by atoms with Crippen molar-refractivity contribution in [3.8, 4) is 0 Å². The number of nitro groups is 1. The molecule has 2 N–H and O–H groups in total. The van der Waals surface area contributed by atoms with E-state index >= 15 is 0 Å². The van der Waals surface area contributed by atoms with Crippen molar-refractivity contribution in [2.45, 2.75) is 0 Å². The predicted molar refractivity (Wildman–Crippen MR) is 84.8 cm³/mol. The van der Waals surface area contributed by atoms with Gasteiger partial charge in [-0.1, -0.05) is 12.2 Å². The second kappa shape index (κ2) is 8.32. The summed E-state index contributed by atoms with van der Waals surface area (Å²) in [6, 6.07) is 3.42. The SMILES string of the molecule is C=CCN(CC=C)C(=O)COC(=O)c1cc([N+](=O)[O-])ccc1N. The summed E-state index contributed by atoms with van der Waals surface area (Å²) in [4.78, 5) is 35.3. The van der Waals surface area contributed by atoms with Crippen molar-refractivity contribution < 1.29 is 19.2 Å². The van der Waals surface area contributed by atoms with Gasteiger partial charge in [-0.3, -0.25) is 14.9 Å². The van der Waals surface area contributed by atoms with Crippen LogP contribution in [0.25, 0.3) is 0 Å². The number of nitrogen functional groups attached to an aromatic ring is 1. The van der Waals surface area contributed by atoms with E-state index in [1.807, 2.05) is 0 Å². The fourth-order valence-corrected chi connectivity index (χ4v) is 1.72. The molecule has 0 aromatic heterocycles. The largest absolute Gasteiger partial charge is 0.452 e. The summed E-state index contributed by atoms with van der Waals surface area (Å²) in [6.07, 6.45) is 3.06. The van der Waals surface area contributed by atoms with Gasteiger partial charge >= 0.3 is 5.97 Å². The molecule has 1 rings (SSSR count). The number of esters is 1. The molecule has 8 heteroatoms. The van der Waals surface area contributed by atoms with Gasteiger partial charge < -0.3 is 15.4 Å². The summed E-state index contributed by atoms with van der Waals surface area (Å²) >= 11 is 0. The zero-order chi connectivity index (χ0) is 17.4. The first-order valence-corrected chi connectivity index (χ1v) is 6.61. The van der Waals surface area contributed by atoms with Gasteiger partial charge in [0.05, 0.1) is 10.5 Å². The Bertz CT molecular complexity index is 632. The molecule has 0 spiro atoms. The quantitative estimate of drug-likeness (QED) is 0.255. The molecule has 0 unspecified atom stereocenters. The van der Waals surface area contributed by atoms with Gasteiger partial charge in [-0.25, -0.2) is 4.79 Å². The van der Waals surface area contributed by atoms with Gasteiger partial charge in [0.15, 0.2) is 6.61 Å². The molecule has 1 aromatic rings. The molecule has 0 radical (unpaired) electrons. The number of rotatable bonds is 8. The van der Waals surface area contributed by atoms with Crippen LogP contribution in [0.5, 0.6) is 0 Å². The van der Waals surface area contributed by atoms with E-state index < -0.39 is 23.4 Å². The van der Waals surface area contributed by atoms with Crippen LogP contribution in [-0.4, -0.2) is 41.4 Å². The van der Waals surface area contributed by atoms with Crippen molar-refractivity contribution in [3.63, 3.8) is 0 Å². The van der Waals surface area contributed by atoms with Crippen LogP contribution in [0.15, 0.2) is 43.5 Å².